The average molecular weight is 339 g/mol. The zero-order valence-corrected chi connectivity index (χ0v) is 14.5. The molecule has 24 heavy (non-hydrogen) atoms. The molecule has 0 bridgehead atoms. The van der Waals surface area contributed by atoms with E-state index in [4.69, 9.17) is 4.74 Å². The van der Waals surface area contributed by atoms with Gasteiger partial charge in [-0.1, -0.05) is 6.07 Å². The Bertz CT molecular complexity index is 875. The lowest BCUT2D eigenvalue weighted by molar-refractivity contribution is 0.0600. The predicted octanol–water partition coefficient (Wildman–Crippen LogP) is 4.35. The summed E-state index contributed by atoms with van der Waals surface area (Å²) < 4.78 is 4.84. The van der Waals surface area contributed by atoms with Crippen LogP contribution in [-0.4, -0.2) is 23.0 Å². The highest BCUT2D eigenvalue weighted by molar-refractivity contribution is 7.14. The average Bonchev–Trinajstić information content (AvgIpc) is 3.07. The van der Waals surface area contributed by atoms with Crippen LogP contribution in [0.1, 0.15) is 21.5 Å². The number of thiazole rings is 1. The van der Waals surface area contributed by atoms with E-state index in [-0.39, 0.29) is 5.97 Å². The van der Waals surface area contributed by atoms with Crippen LogP contribution >= 0.6 is 11.3 Å². The summed E-state index contributed by atoms with van der Waals surface area (Å²) in [6.07, 6.45) is 3.52. The second-order valence-corrected chi connectivity index (χ2v) is 6.18. The molecular weight excluding hydrogens is 322 g/mol. The van der Waals surface area contributed by atoms with Gasteiger partial charge in [-0.15, -0.1) is 11.3 Å². The summed E-state index contributed by atoms with van der Waals surface area (Å²) in [6.45, 7) is 3.89. The van der Waals surface area contributed by atoms with Crippen molar-refractivity contribution in [2.75, 3.05) is 12.4 Å². The molecule has 6 heteroatoms. The maximum atomic E-state index is 11.9. The summed E-state index contributed by atoms with van der Waals surface area (Å²) in [5, 5.41) is 6.08. The van der Waals surface area contributed by atoms with Crippen LogP contribution < -0.4 is 5.32 Å². The smallest absolute Gasteiger partial charge is 0.338 e. The van der Waals surface area contributed by atoms with Gasteiger partial charge in [0.05, 0.1) is 18.4 Å². The molecule has 0 atom stereocenters. The molecule has 0 aliphatic rings. The minimum Gasteiger partial charge on any atom is -0.465 e. The number of anilines is 2. The summed E-state index contributed by atoms with van der Waals surface area (Å²) in [4.78, 5) is 20.6. The van der Waals surface area contributed by atoms with Crippen molar-refractivity contribution in [2.45, 2.75) is 13.8 Å². The minimum atomic E-state index is -0.342. The molecular formula is C18H17N3O2S. The Kier molecular flexibility index (Phi) is 4.57. The molecule has 2 aromatic heterocycles. The lowest BCUT2D eigenvalue weighted by Gasteiger charge is -2.13. The first-order valence-electron chi connectivity index (χ1n) is 7.41. The monoisotopic (exact) mass is 339 g/mol. The second kappa shape index (κ2) is 6.80. The van der Waals surface area contributed by atoms with Gasteiger partial charge in [0, 0.05) is 29.0 Å². The maximum Gasteiger partial charge on any atom is 0.338 e. The van der Waals surface area contributed by atoms with E-state index in [1.54, 1.807) is 18.5 Å². The fraction of sp³-hybridized carbons (Fsp3) is 0.167. The van der Waals surface area contributed by atoms with E-state index < -0.39 is 0 Å². The number of benzene rings is 1. The number of rotatable bonds is 4. The molecule has 0 unspecified atom stereocenters. The quantitative estimate of drug-likeness (QED) is 0.716. The van der Waals surface area contributed by atoms with Crippen molar-refractivity contribution in [3.05, 3.63) is 58.7 Å². The van der Waals surface area contributed by atoms with Gasteiger partial charge in [0.25, 0.3) is 0 Å². The molecule has 0 fully saturated rings. The van der Waals surface area contributed by atoms with Gasteiger partial charge in [-0.3, -0.25) is 4.98 Å². The number of aryl methyl sites for hydroxylation is 1. The molecule has 0 radical (unpaired) electrons. The van der Waals surface area contributed by atoms with Crippen molar-refractivity contribution in [3.8, 4) is 11.3 Å². The van der Waals surface area contributed by atoms with Gasteiger partial charge >= 0.3 is 5.97 Å². The van der Waals surface area contributed by atoms with Gasteiger partial charge < -0.3 is 10.1 Å². The van der Waals surface area contributed by atoms with Crippen molar-refractivity contribution in [1.29, 1.82) is 0 Å². The summed E-state index contributed by atoms with van der Waals surface area (Å²) in [5.41, 5.74) is 5.16. The first kappa shape index (κ1) is 16.1. The third-order valence-corrected chi connectivity index (χ3v) is 4.53. The van der Waals surface area contributed by atoms with E-state index in [0.29, 0.717) is 5.56 Å². The molecule has 1 aromatic carbocycles. The van der Waals surface area contributed by atoms with Crippen molar-refractivity contribution in [1.82, 2.24) is 9.97 Å². The third-order valence-electron chi connectivity index (χ3n) is 3.77. The Morgan fingerprint density at radius 3 is 2.79 bits per heavy atom. The Morgan fingerprint density at radius 2 is 2.08 bits per heavy atom. The van der Waals surface area contributed by atoms with Crippen LogP contribution in [-0.2, 0) is 4.74 Å². The predicted molar refractivity (Wildman–Crippen MR) is 95.9 cm³/mol. The highest BCUT2D eigenvalue weighted by Crippen LogP contribution is 2.31. The van der Waals surface area contributed by atoms with Crippen LogP contribution in [0, 0.1) is 13.8 Å². The number of ether oxygens (including phenoxy) is 1. The van der Waals surface area contributed by atoms with Gasteiger partial charge in [0.1, 0.15) is 0 Å². The molecule has 0 saturated carbocycles. The minimum absolute atomic E-state index is 0.342. The number of carbonyl (C=O) groups is 1. The molecule has 0 amide bonds. The lowest BCUT2D eigenvalue weighted by atomic mass is 10.0. The van der Waals surface area contributed by atoms with E-state index >= 15 is 0 Å². The molecule has 0 saturated heterocycles. The lowest BCUT2D eigenvalue weighted by Crippen LogP contribution is -2.07. The van der Waals surface area contributed by atoms with Gasteiger partial charge in [0.15, 0.2) is 5.13 Å². The van der Waals surface area contributed by atoms with Crippen molar-refractivity contribution in [2.24, 2.45) is 0 Å². The van der Waals surface area contributed by atoms with Crippen molar-refractivity contribution < 1.29 is 9.53 Å². The van der Waals surface area contributed by atoms with Gasteiger partial charge in [-0.25, -0.2) is 9.78 Å². The fourth-order valence-corrected chi connectivity index (χ4v) is 3.18. The van der Waals surface area contributed by atoms with Crippen molar-refractivity contribution >= 4 is 28.1 Å². The van der Waals surface area contributed by atoms with Crippen LogP contribution in [0.4, 0.5) is 10.8 Å². The molecule has 0 aliphatic heterocycles. The van der Waals surface area contributed by atoms with Crippen molar-refractivity contribution in [3.63, 3.8) is 0 Å². The van der Waals surface area contributed by atoms with E-state index in [9.17, 15) is 4.79 Å². The first-order chi connectivity index (χ1) is 11.6. The Balaban J connectivity index is 1.92. The van der Waals surface area contributed by atoms with Crippen LogP contribution in [0.15, 0.2) is 42.0 Å². The van der Waals surface area contributed by atoms with Crippen LogP contribution in [0.3, 0.4) is 0 Å². The standard InChI is InChI=1S/C18H17N3O2S/c1-11-6-7-14(17(22)23-3)12(2)16(11)21-18-20-15(10-24-18)13-5-4-8-19-9-13/h4-10H,1-3H3,(H,20,21). The zero-order chi connectivity index (χ0) is 17.1. The number of methoxy groups -OCH3 is 1. The van der Waals surface area contributed by atoms with Crippen LogP contribution in [0.2, 0.25) is 0 Å². The molecule has 122 valence electrons. The van der Waals surface area contributed by atoms with E-state index in [1.165, 1.54) is 18.4 Å². The normalized spacial score (nSPS) is 10.5. The molecule has 3 aromatic rings. The van der Waals surface area contributed by atoms with Gasteiger partial charge in [0.2, 0.25) is 0 Å². The number of hydrogen-bond acceptors (Lipinski definition) is 6. The van der Waals surface area contributed by atoms with Gasteiger partial charge in [-0.2, -0.15) is 0 Å². The molecule has 3 rings (SSSR count). The summed E-state index contributed by atoms with van der Waals surface area (Å²) in [7, 11) is 1.38. The molecule has 2 heterocycles. The second-order valence-electron chi connectivity index (χ2n) is 5.33. The third kappa shape index (κ3) is 3.14. The number of carbonyl (C=O) groups excluding carboxylic acids is 1. The summed E-state index contributed by atoms with van der Waals surface area (Å²) in [5.74, 6) is -0.342. The number of esters is 1. The number of hydrogen-bond donors (Lipinski definition) is 1. The zero-order valence-electron chi connectivity index (χ0n) is 13.7. The summed E-state index contributed by atoms with van der Waals surface area (Å²) >= 11 is 1.51. The molecule has 5 nitrogen and oxygen atoms in total. The molecule has 0 spiro atoms. The number of nitrogens with zero attached hydrogens (tertiary/aromatic N) is 2. The van der Waals surface area contributed by atoms with E-state index in [0.717, 1.165) is 33.2 Å². The number of aromatic nitrogens is 2. The van der Waals surface area contributed by atoms with Crippen LogP contribution in [0.25, 0.3) is 11.3 Å². The highest BCUT2D eigenvalue weighted by atomic mass is 32.1. The van der Waals surface area contributed by atoms with E-state index in [2.05, 4.69) is 15.3 Å². The highest BCUT2D eigenvalue weighted by Gasteiger charge is 2.15. The number of nitrogens with one attached hydrogen (secondary N) is 1. The Labute approximate surface area is 144 Å². The molecule has 1 N–H and O–H groups in total. The fourth-order valence-electron chi connectivity index (χ4n) is 2.46. The van der Waals surface area contributed by atoms with E-state index in [1.807, 2.05) is 37.4 Å². The molecule has 0 aliphatic carbocycles. The number of pyridine rings is 1. The largest absolute Gasteiger partial charge is 0.465 e. The first-order valence-corrected chi connectivity index (χ1v) is 8.29. The SMILES string of the molecule is COC(=O)c1ccc(C)c(Nc2nc(-c3cccnc3)cs2)c1C. The van der Waals surface area contributed by atoms with Crippen LogP contribution in [0.5, 0.6) is 0 Å². The summed E-state index contributed by atoms with van der Waals surface area (Å²) in [6, 6.07) is 7.54. The Hall–Kier alpha value is -2.73. The van der Waals surface area contributed by atoms with Gasteiger partial charge in [-0.05, 0) is 43.2 Å². The topological polar surface area (TPSA) is 64.1 Å². The Morgan fingerprint density at radius 1 is 1.25 bits per heavy atom. The maximum absolute atomic E-state index is 11.9.